The lowest BCUT2D eigenvalue weighted by molar-refractivity contribution is -0.137. The summed E-state index contributed by atoms with van der Waals surface area (Å²) in [7, 11) is 1.51. The van der Waals surface area contributed by atoms with E-state index in [0.717, 1.165) is 12.1 Å². The van der Waals surface area contributed by atoms with E-state index in [4.69, 9.17) is 4.74 Å². The van der Waals surface area contributed by atoms with Crippen LogP contribution in [0.1, 0.15) is 15.9 Å². The molecule has 0 aromatic heterocycles. The van der Waals surface area contributed by atoms with Crippen molar-refractivity contribution < 1.29 is 22.7 Å². The Balaban J connectivity index is 2.16. The summed E-state index contributed by atoms with van der Waals surface area (Å²) in [5, 5.41) is 2.53. The van der Waals surface area contributed by atoms with Crippen LogP contribution in [0, 0.1) is 0 Å². The number of anilines is 1. The number of carbonyl (C=O) groups is 1. The Labute approximate surface area is 119 Å². The van der Waals surface area contributed by atoms with Gasteiger partial charge in [-0.1, -0.05) is 6.07 Å². The fourth-order valence-corrected chi connectivity index (χ4v) is 1.71. The number of ether oxygens (including phenoxy) is 1. The van der Waals surface area contributed by atoms with Crippen LogP contribution in [0.4, 0.5) is 18.9 Å². The van der Waals surface area contributed by atoms with E-state index in [-0.39, 0.29) is 5.56 Å². The van der Waals surface area contributed by atoms with Crippen molar-refractivity contribution in [1.29, 1.82) is 0 Å². The lowest BCUT2D eigenvalue weighted by Crippen LogP contribution is -2.13. The lowest BCUT2D eigenvalue weighted by atomic mass is 10.1. The summed E-state index contributed by atoms with van der Waals surface area (Å²) in [6, 6.07) is 10.8. The summed E-state index contributed by atoms with van der Waals surface area (Å²) < 4.78 is 42.8. The summed E-state index contributed by atoms with van der Waals surface area (Å²) in [4.78, 5) is 11.9. The Morgan fingerprint density at radius 1 is 1.10 bits per heavy atom. The lowest BCUT2D eigenvalue weighted by Gasteiger charge is -2.09. The molecule has 0 heterocycles. The van der Waals surface area contributed by atoms with Crippen molar-refractivity contribution in [2.75, 3.05) is 12.4 Å². The molecule has 2 rings (SSSR count). The van der Waals surface area contributed by atoms with Crippen LogP contribution in [0.5, 0.6) is 5.75 Å². The first-order valence-electron chi connectivity index (χ1n) is 6.03. The van der Waals surface area contributed by atoms with Crippen LogP contribution in [0.25, 0.3) is 0 Å². The van der Waals surface area contributed by atoms with E-state index in [1.165, 1.54) is 19.2 Å². The highest BCUT2D eigenvalue weighted by Crippen LogP contribution is 2.29. The third kappa shape index (κ3) is 3.75. The molecule has 110 valence electrons. The SMILES string of the molecule is COc1ccc(NC(=O)c2cccc(C(F)(F)F)c2)cc1. The molecule has 0 aliphatic heterocycles. The standard InChI is InChI=1S/C15H12F3NO2/c1-21-13-7-5-12(6-8-13)19-14(20)10-3-2-4-11(9-10)15(16,17)18/h2-9H,1H3,(H,19,20). The number of rotatable bonds is 3. The van der Waals surface area contributed by atoms with Gasteiger partial charge in [-0.2, -0.15) is 13.2 Å². The molecule has 1 N–H and O–H groups in total. The summed E-state index contributed by atoms with van der Waals surface area (Å²) in [6.45, 7) is 0. The van der Waals surface area contributed by atoms with Crippen molar-refractivity contribution in [2.24, 2.45) is 0 Å². The molecule has 0 unspecified atom stereocenters. The largest absolute Gasteiger partial charge is 0.497 e. The molecular weight excluding hydrogens is 283 g/mol. The quantitative estimate of drug-likeness (QED) is 0.930. The Morgan fingerprint density at radius 3 is 2.33 bits per heavy atom. The van der Waals surface area contributed by atoms with Gasteiger partial charge in [-0.3, -0.25) is 4.79 Å². The number of carbonyl (C=O) groups excluding carboxylic acids is 1. The fourth-order valence-electron chi connectivity index (χ4n) is 1.71. The average Bonchev–Trinajstić information content (AvgIpc) is 2.47. The topological polar surface area (TPSA) is 38.3 Å². The molecule has 0 radical (unpaired) electrons. The summed E-state index contributed by atoms with van der Waals surface area (Å²) in [5.41, 5.74) is -0.441. The highest BCUT2D eigenvalue weighted by atomic mass is 19.4. The van der Waals surface area contributed by atoms with Crippen molar-refractivity contribution in [1.82, 2.24) is 0 Å². The maximum Gasteiger partial charge on any atom is 0.416 e. The molecular formula is C15H12F3NO2. The molecule has 21 heavy (non-hydrogen) atoms. The molecule has 0 fully saturated rings. The van der Waals surface area contributed by atoms with E-state index in [1.807, 2.05) is 0 Å². The van der Waals surface area contributed by atoms with E-state index in [1.54, 1.807) is 24.3 Å². The van der Waals surface area contributed by atoms with Gasteiger partial charge in [0.05, 0.1) is 12.7 Å². The molecule has 2 aromatic rings. The first-order chi connectivity index (χ1) is 9.90. The molecule has 0 saturated carbocycles. The van der Waals surface area contributed by atoms with Gasteiger partial charge in [-0.05, 0) is 42.5 Å². The van der Waals surface area contributed by atoms with Gasteiger partial charge in [0.15, 0.2) is 0 Å². The van der Waals surface area contributed by atoms with Gasteiger partial charge in [0.2, 0.25) is 0 Å². The molecule has 6 heteroatoms. The average molecular weight is 295 g/mol. The number of benzene rings is 2. The van der Waals surface area contributed by atoms with E-state index in [0.29, 0.717) is 11.4 Å². The minimum Gasteiger partial charge on any atom is -0.497 e. The predicted molar refractivity (Wildman–Crippen MR) is 72.4 cm³/mol. The molecule has 0 saturated heterocycles. The van der Waals surface area contributed by atoms with E-state index < -0.39 is 17.6 Å². The number of alkyl halides is 3. The van der Waals surface area contributed by atoms with Crippen LogP contribution in [0.15, 0.2) is 48.5 Å². The second-order valence-corrected chi connectivity index (χ2v) is 4.26. The maximum absolute atomic E-state index is 12.6. The van der Waals surface area contributed by atoms with Crippen LogP contribution in [0.2, 0.25) is 0 Å². The number of amides is 1. The molecule has 3 nitrogen and oxygen atoms in total. The molecule has 2 aromatic carbocycles. The monoisotopic (exact) mass is 295 g/mol. The summed E-state index contributed by atoms with van der Waals surface area (Å²) >= 11 is 0. The first-order valence-corrected chi connectivity index (χ1v) is 6.03. The Kier molecular flexibility index (Phi) is 4.16. The molecule has 0 atom stereocenters. The zero-order valence-electron chi connectivity index (χ0n) is 11.1. The smallest absolute Gasteiger partial charge is 0.416 e. The summed E-state index contributed by atoms with van der Waals surface area (Å²) in [6.07, 6.45) is -4.48. The van der Waals surface area contributed by atoms with Crippen LogP contribution in [0.3, 0.4) is 0 Å². The second kappa shape index (κ2) is 5.87. The van der Waals surface area contributed by atoms with Crippen molar-refractivity contribution in [2.45, 2.75) is 6.18 Å². The highest BCUT2D eigenvalue weighted by molar-refractivity contribution is 6.04. The van der Waals surface area contributed by atoms with E-state index in [9.17, 15) is 18.0 Å². The van der Waals surface area contributed by atoms with Gasteiger partial charge >= 0.3 is 6.18 Å². The van der Waals surface area contributed by atoms with Crippen molar-refractivity contribution in [3.05, 3.63) is 59.7 Å². The molecule has 0 aliphatic rings. The Hall–Kier alpha value is -2.50. The normalized spacial score (nSPS) is 11.0. The fraction of sp³-hybridized carbons (Fsp3) is 0.133. The van der Waals surface area contributed by atoms with Gasteiger partial charge in [0, 0.05) is 11.3 Å². The Bertz CT molecular complexity index is 636. The Morgan fingerprint density at radius 2 is 1.76 bits per heavy atom. The minimum atomic E-state index is -4.48. The van der Waals surface area contributed by atoms with Crippen LogP contribution in [-0.2, 0) is 6.18 Å². The second-order valence-electron chi connectivity index (χ2n) is 4.26. The summed E-state index contributed by atoms with van der Waals surface area (Å²) in [5.74, 6) is 0.0123. The van der Waals surface area contributed by atoms with Gasteiger partial charge in [0.25, 0.3) is 5.91 Å². The van der Waals surface area contributed by atoms with Crippen LogP contribution in [-0.4, -0.2) is 13.0 Å². The van der Waals surface area contributed by atoms with Crippen molar-refractivity contribution in [3.63, 3.8) is 0 Å². The van der Waals surface area contributed by atoms with Gasteiger partial charge in [-0.25, -0.2) is 0 Å². The van der Waals surface area contributed by atoms with Crippen LogP contribution >= 0.6 is 0 Å². The van der Waals surface area contributed by atoms with Gasteiger partial charge in [0.1, 0.15) is 5.75 Å². The number of halogens is 3. The van der Waals surface area contributed by atoms with Crippen molar-refractivity contribution in [3.8, 4) is 5.75 Å². The highest BCUT2D eigenvalue weighted by Gasteiger charge is 2.30. The van der Waals surface area contributed by atoms with Crippen molar-refractivity contribution >= 4 is 11.6 Å². The third-order valence-corrected chi connectivity index (χ3v) is 2.80. The number of hydrogen-bond donors (Lipinski definition) is 1. The molecule has 0 spiro atoms. The molecule has 0 bridgehead atoms. The third-order valence-electron chi connectivity index (χ3n) is 2.80. The minimum absolute atomic E-state index is 0.0550. The van der Waals surface area contributed by atoms with E-state index in [2.05, 4.69) is 5.32 Å². The van der Waals surface area contributed by atoms with Gasteiger partial charge in [-0.15, -0.1) is 0 Å². The molecule has 0 aliphatic carbocycles. The zero-order chi connectivity index (χ0) is 15.5. The number of methoxy groups -OCH3 is 1. The number of nitrogens with one attached hydrogen (secondary N) is 1. The maximum atomic E-state index is 12.6. The van der Waals surface area contributed by atoms with E-state index >= 15 is 0 Å². The number of hydrogen-bond acceptors (Lipinski definition) is 2. The predicted octanol–water partition coefficient (Wildman–Crippen LogP) is 3.97. The zero-order valence-corrected chi connectivity index (χ0v) is 11.1. The van der Waals surface area contributed by atoms with Gasteiger partial charge < -0.3 is 10.1 Å². The molecule has 1 amide bonds. The first kappa shape index (κ1) is 14.9. The van der Waals surface area contributed by atoms with Crippen LogP contribution < -0.4 is 10.1 Å².